The van der Waals surface area contributed by atoms with Crippen LogP contribution in [-0.2, 0) is 18.0 Å². The molecule has 1 unspecified atom stereocenters. The van der Waals surface area contributed by atoms with Crippen molar-refractivity contribution in [3.05, 3.63) is 71.2 Å². The number of nitrogens with one attached hydrogen (secondary N) is 2. The Bertz CT molecular complexity index is 1360. The molecule has 0 aliphatic carbocycles. The quantitative estimate of drug-likeness (QED) is 0.266. The molecule has 0 amide bonds. The summed E-state index contributed by atoms with van der Waals surface area (Å²) in [5.41, 5.74) is 2.01. The monoisotopic (exact) mass is 496 g/mol. The second-order valence-corrected chi connectivity index (χ2v) is 10.9. The lowest BCUT2D eigenvalue weighted by atomic mass is 10.1. The first-order chi connectivity index (χ1) is 16.1. The van der Waals surface area contributed by atoms with Crippen molar-refractivity contribution in [2.75, 3.05) is 5.32 Å². The Balaban J connectivity index is 1.71. The lowest BCUT2D eigenvalue weighted by Gasteiger charge is -2.21. The molecule has 0 radical (unpaired) electrons. The SMILES string of the molecule is Cn1ccnc1Nc1ccc(-c2cnc(-c3ccc([N+](=O)[O-])cc3)s2)c(S(=O)NC(C)(C)C)c1. The molecule has 2 aromatic carbocycles. The number of aryl methyl sites for hydroxylation is 1. The van der Waals surface area contributed by atoms with E-state index in [-0.39, 0.29) is 11.2 Å². The van der Waals surface area contributed by atoms with E-state index in [1.807, 2.05) is 56.8 Å². The number of nitrogens with zero attached hydrogens (tertiary/aromatic N) is 4. The van der Waals surface area contributed by atoms with Crippen LogP contribution in [0.2, 0.25) is 0 Å². The fourth-order valence-electron chi connectivity index (χ4n) is 3.16. The van der Waals surface area contributed by atoms with Gasteiger partial charge in [0.15, 0.2) is 0 Å². The highest BCUT2D eigenvalue weighted by atomic mass is 32.2. The van der Waals surface area contributed by atoms with E-state index in [2.05, 4.69) is 20.0 Å². The maximum Gasteiger partial charge on any atom is 0.269 e. The predicted octanol–water partition coefficient (Wildman–Crippen LogP) is 5.27. The third kappa shape index (κ3) is 5.38. The lowest BCUT2D eigenvalue weighted by molar-refractivity contribution is -0.384. The van der Waals surface area contributed by atoms with Crippen molar-refractivity contribution in [3.8, 4) is 21.0 Å². The molecule has 9 nitrogen and oxygen atoms in total. The highest BCUT2D eigenvalue weighted by molar-refractivity contribution is 7.83. The molecule has 0 aliphatic rings. The highest BCUT2D eigenvalue weighted by Crippen LogP contribution is 2.37. The Morgan fingerprint density at radius 3 is 2.47 bits per heavy atom. The predicted molar refractivity (Wildman–Crippen MR) is 135 cm³/mol. The van der Waals surface area contributed by atoms with E-state index in [9.17, 15) is 14.3 Å². The molecule has 4 rings (SSSR count). The van der Waals surface area contributed by atoms with Crippen LogP contribution in [0.3, 0.4) is 0 Å². The van der Waals surface area contributed by atoms with Crippen LogP contribution in [0.5, 0.6) is 0 Å². The summed E-state index contributed by atoms with van der Waals surface area (Å²) in [7, 11) is 0.404. The van der Waals surface area contributed by atoms with E-state index in [1.165, 1.54) is 23.5 Å². The minimum Gasteiger partial charge on any atom is -0.326 e. The molecule has 0 aliphatic heterocycles. The normalized spacial score (nSPS) is 12.5. The topological polar surface area (TPSA) is 115 Å². The minimum atomic E-state index is -1.49. The number of hydrogen-bond acceptors (Lipinski definition) is 7. The van der Waals surface area contributed by atoms with Gasteiger partial charge in [0, 0.05) is 60.1 Å². The molecule has 1 atom stereocenters. The largest absolute Gasteiger partial charge is 0.326 e. The van der Waals surface area contributed by atoms with Crippen molar-refractivity contribution in [1.29, 1.82) is 0 Å². The summed E-state index contributed by atoms with van der Waals surface area (Å²) in [5, 5.41) is 14.9. The molecule has 0 saturated heterocycles. The standard InChI is InChI=1S/C23H24N6O3S2/c1-23(2,3)27-34(32)20-13-16(26-22-24-11-12-28(22)4)7-10-18(20)19-14-25-21(33-19)15-5-8-17(9-6-15)29(30)31/h5-14,27H,1-4H3,(H,24,26). The maximum absolute atomic E-state index is 13.3. The van der Waals surface area contributed by atoms with Crippen LogP contribution in [0.15, 0.2) is 66.0 Å². The van der Waals surface area contributed by atoms with E-state index in [4.69, 9.17) is 0 Å². The third-order valence-corrected chi connectivity index (χ3v) is 7.37. The summed E-state index contributed by atoms with van der Waals surface area (Å²) in [5.74, 6) is 0.673. The van der Waals surface area contributed by atoms with E-state index in [0.29, 0.717) is 10.8 Å². The van der Waals surface area contributed by atoms with Gasteiger partial charge in [-0.05, 0) is 45.0 Å². The Morgan fingerprint density at radius 1 is 1.12 bits per heavy atom. The second-order valence-electron chi connectivity index (χ2n) is 8.65. The minimum absolute atomic E-state index is 0.0299. The second kappa shape index (κ2) is 9.45. The number of rotatable bonds is 7. The number of nitro benzene ring substituents is 1. The van der Waals surface area contributed by atoms with E-state index < -0.39 is 15.9 Å². The Labute approximate surface area is 203 Å². The van der Waals surface area contributed by atoms with Crippen molar-refractivity contribution in [2.45, 2.75) is 31.2 Å². The molecule has 0 bridgehead atoms. The van der Waals surface area contributed by atoms with E-state index >= 15 is 0 Å². The molecular formula is C23H24N6O3S2. The van der Waals surface area contributed by atoms with Gasteiger partial charge in [-0.15, -0.1) is 11.3 Å². The van der Waals surface area contributed by atoms with Crippen molar-refractivity contribution < 1.29 is 9.13 Å². The molecule has 4 aromatic rings. The van der Waals surface area contributed by atoms with Gasteiger partial charge in [-0.1, -0.05) is 6.07 Å². The average molecular weight is 497 g/mol. The molecule has 2 aromatic heterocycles. The lowest BCUT2D eigenvalue weighted by Crippen LogP contribution is -2.37. The Hall–Kier alpha value is -3.41. The zero-order valence-electron chi connectivity index (χ0n) is 19.1. The maximum atomic E-state index is 13.3. The molecular weight excluding hydrogens is 472 g/mol. The molecule has 0 saturated carbocycles. The number of non-ortho nitro benzene ring substituents is 1. The van der Waals surface area contributed by atoms with Crippen LogP contribution in [0, 0.1) is 10.1 Å². The number of hydrogen-bond donors (Lipinski definition) is 2. The van der Waals surface area contributed by atoms with Gasteiger partial charge in [-0.3, -0.25) is 10.1 Å². The first-order valence-electron chi connectivity index (χ1n) is 10.4. The fourth-order valence-corrected chi connectivity index (χ4v) is 5.47. The zero-order chi connectivity index (χ0) is 24.5. The molecule has 11 heteroatoms. The van der Waals surface area contributed by atoms with Gasteiger partial charge in [0.05, 0.1) is 14.7 Å². The average Bonchev–Trinajstić information content (AvgIpc) is 3.42. The van der Waals surface area contributed by atoms with Gasteiger partial charge in [0.25, 0.3) is 5.69 Å². The van der Waals surface area contributed by atoms with Crippen LogP contribution >= 0.6 is 11.3 Å². The van der Waals surface area contributed by atoms with Gasteiger partial charge >= 0.3 is 0 Å². The Kier molecular flexibility index (Phi) is 6.60. The number of nitro groups is 1. The van der Waals surface area contributed by atoms with Gasteiger partial charge in [-0.25, -0.2) is 18.9 Å². The summed E-state index contributed by atoms with van der Waals surface area (Å²) >= 11 is 1.44. The summed E-state index contributed by atoms with van der Waals surface area (Å²) in [6.45, 7) is 5.87. The van der Waals surface area contributed by atoms with Crippen molar-refractivity contribution in [2.24, 2.45) is 7.05 Å². The number of imidazole rings is 1. The van der Waals surface area contributed by atoms with E-state index in [1.54, 1.807) is 24.5 Å². The van der Waals surface area contributed by atoms with Gasteiger partial charge in [0.1, 0.15) is 16.0 Å². The van der Waals surface area contributed by atoms with Crippen LogP contribution in [0.25, 0.3) is 21.0 Å². The molecule has 34 heavy (non-hydrogen) atoms. The summed E-state index contributed by atoms with van der Waals surface area (Å²) < 4.78 is 18.3. The summed E-state index contributed by atoms with van der Waals surface area (Å²) in [6, 6.07) is 12.0. The number of thiazole rings is 1. The van der Waals surface area contributed by atoms with Crippen molar-refractivity contribution in [1.82, 2.24) is 19.3 Å². The number of anilines is 2. The molecule has 0 fully saturated rings. The summed E-state index contributed by atoms with van der Waals surface area (Å²) in [6.07, 6.45) is 5.28. The highest BCUT2D eigenvalue weighted by Gasteiger charge is 2.20. The van der Waals surface area contributed by atoms with Crippen LogP contribution in [-0.4, -0.2) is 29.2 Å². The van der Waals surface area contributed by atoms with Crippen LogP contribution in [0.4, 0.5) is 17.3 Å². The Morgan fingerprint density at radius 2 is 1.85 bits per heavy atom. The first-order valence-corrected chi connectivity index (χ1v) is 12.4. The molecule has 2 heterocycles. The molecule has 0 spiro atoms. The van der Waals surface area contributed by atoms with E-state index in [0.717, 1.165) is 26.7 Å². The zero-order valence-corrected chi connectivity index (χ0v) is 20.7. The van der Waals surface area contributed by atoms with Crippen molar-refractivity contribution in [3.63, 3.8) is 0 Å². The third-order valence-electron chi connectivity index (χ3n) is 4.75. The summed E-state index contributed by atoms with van der Waals surface area (Å²) in [4.78, 5) is 20.8. The number of benzene rings is 2. The van der Waals surface area contributed by atoms with Gasteiger partial charge < -0.3 is 9.88 Å². The van der Waals surface area contributed by atoms with Crippen molar-refractivity contribution >= 4 is 39.6 Å². The van der Waals surface area contributed by atoms with Crippen LogP contribution in [0.1, 0.15) is 20.8 Å². The fraction of sp³-hybridized carbons (Fsp3) is 0.217. The smallest absolute Gasteiger partial charge is 0.269 e. The first kappa shape index (κ1) is 23.7. The molecule has 2 N–H and O–H groups in total. The molecule has 176 valence electrons. The van der Waals surface area contributed by atoms with Crippen LogP contribution < -0.4 is 10.0 Å². The number of aromatic nitrogens is 3. The van der Waals surface area contributed by atoms with Gasteiger partial charge in [0.2, 0.25) is 5.95 Å². The van der Waals surface area contributed by atoms with Gasteiger partial charge in [-0.2, -0.15) is 0 Å².